The lowest BCUT2D eigenvalue weighted by Crippen LogP contribution is -2.18. The van der Waals surface area contributed by atoms with Crippen LogP contribution in [0.3, 0.4) is 0 Å². The number of ether oxygens (including phenoxy) is 2. The van der Waals surface area contributed by atoms with Crippen LogP contribution in [-0.2, 0) is 6.42 Å². The third-order valence-electron chi connectivity index (χ3n) is 2.85. The SMILES string of the molecule is CC(C)c1c(CCO)cc(Br)c2c1OCCO2. The summed E-state index contributed by atoms with van der Waals surface area (Å²) in [6.07, 6.45) is 0.642. The Kier molecular flexibility index (Phi) is 3.94. The lowest BCUT2D eigenvalue weighted by molar-refractivity contribution is 0.168. The monoisotopic (exact) mass is 300 g/mol. The minimum atomic E-state index is 0.145. The van der Waals surface area contributed by atoms with Crippen LogP contribution in [0.2, 0.25) is 0 Å². The molecule has 1 heterocycles. The molecular formula is C13H17BrO3. The van der Waals surface area contributed by atoms with Crippen molar-refractivity contribution in [2.24, 2.45) is 0 Å². The van der Waals surface area contributed by atoms with Gasteiger partial charge in [-0.25, -0.2) is 0 Å². The quantitative estimate of drug-likeness (QED) is 0.933. The molecule has 1 aromatic carbocycles. The van der Waals surface area contributed by atoms with Crippen LogP contribution < -0.4 is 9.47 Å². The van der Waals surface area contributed by atoms with E-state index in [1.54, 1.807) is 0 Å². The highest BCUT2D eigenvalue weighted by Crippen LogP contribution is 2.45. The Morgan fingerprint density at radius 1 is 1.29 bits per heavy atom. The van der Waals surface area contributed by atoms with Crippen molar-refractivity contribution in [1.82, 2.24) is 0 Å². The maximum atomic E-state index is 9.13. The molecule has 17 heavy (non-hydrogen) atoms. The molecule has 0 spiro atoms. The molecule has 1 N–H and O–H groups in total. The fraction of sp³-hybridized carbons (Fsp3) is 0.538. The van der Waals surface area contributed by atoms with E-state index in [4.69, 9.17) is 14.6 Å². The van der Waals surface area contributed by atoms with Crippen LogP contribution in [-0.4, -0.2) is 24.9 Å². The molecule has 0 unspecified atom stereocenters. The smallest absolute Gasteiger partial charge is 0.175 e. The summed E-state index contributed by atoms with van der Waals surface area (Å²) in [5.74, 6) is 1.98. The fourth-order valence-electron chi connectivity index (χ4n) is 2.20. The number of hydrogen-bond acceptors (Lipinski definition) is 3. The fourth-order valence-corrected chi connectivity index (χ4v) is 2.77. The highest BCUT2D eigenvalue weighted by molar-refractivity contribution is 9.10. The first-order valence-electron chi connectivity index (χ1n) is 5.87. The summed E-state index contributed by atoms with van der Waals surface area (Å²) in [4.78, 5) is 0. The molecule has 1 aromatic rings. The molecule has 0 saturated carbocycles. The van der Waals surface area contributed by atoms with Gasteiger partial charge in [0.05, 0.1) is 4.47 Å². The molecule has 3 nitrogen and oxygen atoms in total. The number of aliphatic hydroxyl groups is 1. The van der Waals surface area contributed by atoms with Crippen molar-refractivity contribution < 1.29 is 14.6 Å². The van der Waals surface area contributed by atoms with Crippen molar-refractivity contribution in [2.75, 3.05) is 19.8 Å². The van der Waals surface area contributed by atoms with E-state index in [0.29, 0.717) is 25.6 Å². The van der Waals surface area contributed by atoms with E-state index in [9.17, 15) is 0 Å². The van der Waals surface area contributed by atoms with Gasteiger partial charge in [-0.3, -0.25) is 0 Å². The summed E-state index contributed by atoms with van der Waals surface area (Å²) in [5.41, 5.74) is 2.27. The second-order valence-electron chi connectivity index (χ2n) is 4.41. The first-order chi connectivity index (χ1) is 8.15. The average Bonchev–Trinajstić information content (AvgIpc) is 2.29. The molecule has 0 fully saturated rings. The zero-order valence-electron chi connectivity index (χ0n) is 10.1. The van der Waals surface area contributed by atoms with Crippen molar-refractivity contribution in [3.8, 4) is 11.5 Å². The van der Waals surface area contributed by atoms with Gasteiger partial charge in [-0.15, -0.1) is 0 Å². The molecule has 1 aliphatic rings. The number of aliphatic hydroxyl groups excluding tert-OH is 1. The van der Waals surface area contributed by atoms with Gasteiger partial charge in [-0.05, 0) is 39.9 Å². The Morgan fingerprint density at radius 3 is 2.53 bits per heavy atom. The lowest BCUT2D eigenvalue weighted by Gasteiger charge is -2.26. The number of benzene rings is 1. The highest BCUT2D eigenvalue weighted by Gasteiger charge is 2.23. The first-order valence-corrected chi connectivity index (χ1v) is 6.66. The van der Waals surface area contributed by atoms with E-state index >= 15 is 0 Å². The van der Waals surface area contributed by atoms with Crippen LogP contribution in [0.5, 0.6) is 11.5 Å². The molecule has 0 aliphatic carbocycles. The standard InChI is InChI=1S/C13H17BrO3/c1-8(2)11-9(3-4-15)7-10(14)12-13(11)17-6-5-16-12/h7-8,15H,3-6H2,1-2H3. The van der Waals surface area contributed by atoms with E-state index < -0.39 is 0 Å². The molecule has 1 aliphatic heterocycles. The number of halogens is 1. The van der Waals surface area contributed by atoms with Gasteiger partial charge in [-0.2, -0.15) is 0 Å². The molecular weight excluding hydrogens is 284 g/mol. The second kappa shape index (κ2) is 5.27. The van der Waals surface area contributed by atoms with Gasteiger partial charge in [0.1, 0.15) is 13.2 Å². The van der Waals surface area contributed by atoms with Crippen molar-refractivity contribution in [2.45, 2.75) is 26.2 Å². The summed E-state index contributed by atoms with van der Waals surface area (Å²) in [5, 5.41) is 9.13. The molecule has 0 bridgehead atoms. The first kappa shape index (κ1) is 12.7. The predicted octanol–water partition coefficient (Wildman–Crippen LogP) is 2.88. The minimum Gasteiger partial charge on any atom is -0.486 e. The third kappa shape index (κ3) is 2.43. The molecule has 0 atom stereocenters. The number of rotatable bonds is 3. The Morgan fingerprint density at radius 2 is 1.94 bits per heavy atom. The van der Waals surface area contributed by atoms with Crippen molar-refractivity contribution >= 4 is 15.9 Å². The van der Waals surface area contributed by atoms with Crippen LogP contribution in [0.25, 0.3) is 0 Å². The molecule has 0 aromatic heterocycles. The molecule has 4 heteroatoms. The zero-order valence-corrected chi connectivity index (χ0v) is 11.7. The van der Waals surface area contributed by atoms with Crippen molar-refractivity contribution in [3.05, 3.63) is 21.7 Å². The Hall–Kier alpha value is -0.740. The summed E-state index contributed by atoms with van der Waals surface area (Å²) >= 11 is 3.50. The average molecular weight is 301 g/mol. The lowest BCUT2D eigenvalue weighted by atomic mass is 9.93. The van der Waals surface area contributed by atoms with Gasteiger partial charge in [0, 0.05) is 12.2 Å². The van der Waals surface area contributed by atoms with Crippen LogP contribution >= 0.6 is 15.9 Å². The second-order valence-corrected chi connectivity index (χ2v) is 5.27. The van der Waals surface area contributed by atoms with Gasteiger partial charge < -0.3 is 14.6 Å². The van der Waals surface area contributed by atoms with Crippen LogP contribution in [0.15, 0.2) is 10.5 Å². The van der Waals surface area contributed by atoms with Gasteiger partial charge in [0.2, 0.25) is 0 Å². The molecule has 0 amide bonds. The largest absolute Gasteiger partial charge is 0.486 e. The third-order valence-corrected chi connectivity index (χ3v) is 3.44. The van der Waals surface area contributed by atoms with Gasteiger partial charge in [-0.1, -0.05) is 13.8 Å². The predicted molar refractivity (Wildman–Crippen MR) is 70.0 cm³/mol. The van der Waals surface area contributed by atoms with E-state index in [0.717, 1.165) is 27.1 Å². The van der Waals surface area contributed by atoms with Crippen LogP contribution in [0, 0.1) is 0 Å². The summed E-state index contributed by atoms with van der Waals surface area (Å²) < 4.78 is 12.3. The zero-order chi connectivity index (χ0) is 12.4. The Balaban J connectivity index is 2.58. The molecule has 2 rings (SSSR count). The maximum absolute atomic E-state index is 9.13. The summed E-state index contributed by atoms with van der Waals surface area (Å²) in [6, 6.07) is 2.03. The molecule has 94 valence electrons. The minimum absolute atomic E-state index is 0.145. The normalized spacial score (nSPS) is 14.2. The van der Waals surface area contributed by atoms with E-state index in [1.165, 1.54) is 0 Å². The topological polar surface area (TPSA) is 38.7 Å². The van der Waals surface area contributed by atoms with Gasteiger partial charge in [0.25, 0.3) is 0 Å². The summed E-state index contributed by atoms with van der Waals surface area (Å²) in [7, 11) is 0. The number of fused-ring (bicyclic) bond motifs is 1. The van der Waals surface area contributed by atoms with Crippen molar-refractivity contribution in [3.63, 3.8) is 0 Å². The van der Waals surface area contributed by atoms with Gasteiger partial charge >= 0.3 is 0 Å². The highest BCUT2D eigenvalue weighted by atomic mass is 79.9. The van der Waals surface area contributed by atoms with E-state index in [1.807, 2.05) is 6.07 Å². The maximum Gasteiger partial charge on any atom is 0.175 e. The molecule has 0 saturated heterocycles. The molecule has 0 radical (unpaired) electrons. The van der Waals surface area contributed by atoms with Gasteiger partial charge in [0.15, 0.2) is 11.5 Å². The Bertz CT molecular complexity index is 416. The summed E-state index contributed by atoms with van der Waals surface area (Å²) in [6.45, 7) is 5.57. The van der Waals surface area contributed by atoms with E-state index in [2.05, 4.69) is 29.8 Å². The van der Waals surface area contributed by atoms with E-state index in [-0.39, 0.29) is 6.61 Å². The number of hydrogen-bond donors (Lipinski definition) is 1. The Labute approximate surface area is 110 Å². The van der Waals surface area contributed by atoms with Crippen LogP contribution in [0.1, 0.15) is 30.9 Å². The van der Waals surface area contributed by atoms with Crippen molar-refractivity contribution in [1.29, 1.82) is 0 Å². The van der Waals surface area contributed by atoms with Crippen LogP contribution in [0.4, 0.5) is 0 Å².